The number of ether oxygens (including phenoxy) is 1. The number of anilines is 1. The van der Waals surface area contributed by atoms with Gasteiger partial charge in [-0.25, -0.2) is 8.42 Å². The zero-order chi connectivity index (χ0) is 19.4. The van der Waals surface area contributed by atoms with Crippen LogP contribution >= 0.6 is 0 Å². The molecule has 27 heavy (non-hydrogen) atoms. The lowest BCUT2D eigenvalue weighted by Crippen LogP contribution is -2.48. The minimum absolute atomic E-state index is 0.0941. The van der Waals surface area contributed by atoms with E-state index in [1.165, 1.54) is 4.31 Å². The Hall–Kier alpha value is -1.52. The van der Waals surface area contributed by atoms with E-state index in [4.69, 9.17) is 4.74 Å². The summed E-state index contributed by atoms with van der Waals surface area (Å²) in [6.45, 7) is 8.24. The van der Waals surface area contributed by atoms with Crippen LogP contribution in [0.15, 0.2) is 29.2 Å². The predicted molar refractivity (Wildman–Crippen MR) is 103 cm³/mol. The van der Waals surface area contributed by atoms with Crippen molar-refractivity contribution in [3.05, 3.63) is 24.3 Å². The Morgan fingerprint density at radius 3 is 2.33 bits per heavy atom. The van der Waals surface area contributed by atoms with Crippen molar-refractivity contribution in [2.24, 2.45) is 0 Å². The van der Waals surface area contributed by atoms with E-state index in [0.29, 0.717) is 25.3 Å². The molecule has 0 bridgehead atoms. The molecule has 2 heterocycles. The molecule has 2 N–H and O–H groups in total. The van der Waals surface area contributed by atoms with Crippen LogP contribution in [0.2, 0.25) is 0 Å². The van der Waals surface area contributed by atoms with E-state index in [2.05, 4.69) is 15.5 Å². The molecular weight excluding hydrogens is 368 g/mol. The maximum Gasteiger partial charge on any atom is 0.243 e. The number of rotatable bonds is 5. The van der Waals surface area contributed by atoms with Gasteiger partial charge in [0.2, 0.25) is 15.9 Å². The molecule has 9 heteroatoms. The number of sulfonamides is 1. The fraction of sp³-hybridized carbons (Fsp3) is 0.611. The Bertz CT molecular complexity index is 737. The van der Waals surface area contributed by atoms with Gasteiger partial charge in [0.15, 0.2) is 0 Å². The van der Waals surface area contributed by atoms with E-state index in [9.17, 15) is 13.2 Å². The molecule has 2 fully saturated rings. The minimum atomic E-state index is -3.57. The van der Waals surface area contributed by atoms with Crippen LogP contribution < -0.4 is 10.6 Å². The number of hydrogen-bond acceptors (Lipinski definition) is 6. The van der Waals surface area contributed by atoms with Crippen LogP contribution in [0.25, 0.3) is 0 Å². The summed E-state index contributed by atoms with van der Waals surface area (Å²) >= 11 is 0. The van der Waals surface area contributed by atoms with Crippen molar-refractivity contribution in [1.82, 2.24) is 14.5 Å². The van der Waals surface area contributed by atoms with Crippen LogP contribution in [0.5, 0.6) is 0 Å². The normalized spacial score (nSPS) is 25.3. The second-order valence-electron chi connectivity index (χ2n) is 7.18. The SMILES string of the molecule is CC1CN(S(=O)(=O)c2ccc(NC(=O)CN3CCNCC3)cc2)CC(C)O1. The third-order valence-corrected chi connectivity index (χ3v) is 6.58. The summed E-state index contributed by atoms with van der Waals surface area (Å²) in [5.74, 6) is -0.0941. The molecule has 2 unspecified atom stereocenters. The highest BCUT2D eigenvalue weighted by Gasteiger charge is 2.32. The van der Waals surface area contributed by atoms with Gasteiger partial charge in [-0.05, 0) is 38.1 Å². The van der Waals surface area contributed by atoms with Gasteiger partial charge in [-0.3, -0.25) is 9.69 Å². The summed E-state index contributed by atoms with van der Waals surface area (Å²) in [6, 6.07) is 6.35. The number of piperazine rings is 1. The lowest BCUT2D eigenvalue weighted by molar-refractivity contribution is -0.117. The smallest absolute Gasteiger partial charge is 0.243 e. The molecule has 3 rings (SSSR count). The maximum atomic E-state index is 12.8. The lowest BCUT2D eigenvalue weighted by atomic mass is 10.3. The molecule has 1 amide bonds. The Morgan fingerprint density at radius 2 is 1.74 bits per heavy atom. The molecule has 0 aliphatic carbocycles. The molecule has 2 aliphatic rings. The Balaban J connectivity index is 1.61. The van der Waals surface area contributed by atoms with E-state index in [0.717, 1.165) is 26.2 Å². The van der Waals surface area contributed by atoms with E-state index >= 15 is 0 Å². The molecule has 2 aliphatic heterocycles. The predicted octanol–water partition coefficient (Wildman–Crippen LogP) is 0.328. The van der Waals surface area contributed by atoms with E-state index < -0.39 is 10.0 Å². The van der Waals surface area contributed by atoms with Gasteiger partial charge in [-0.1, -0.05) is 0 Å². The first kappa shape index (κ1) is 20.2. The molecular formula is C18H28N4O4S. The second kappa shape index (κ2) is 8.66. The van der Waals surface area contributed by atoms with Gasteiger partial charge in [0, 0.05) is 45.0 Å². The van der Waals surface area contributed by atoms with Crippen LogP contribution in [0, 0.1) is 0 Å². The molecule has 1 aromatic carbocycles. The first-order valence-corrected chi connectivity index (χ1v) is 10.8. The quantitative estimate of drug-likeness (QED) is 0.745. The molecule has 0 radical (unpaired) electrons. The van der Waals surface area contributed by atoms with Gasteiger partial charge in [-0.2, -0.15) is 4.31 Å². The van der Waals surface area contributed by atoms with E-state index in [1.54, 1.807) is 24.3 Å². The van der Waals surface area contributed by atoms with E-state index in [1.807, 2.05) is 13.8 Å². The Labute approximate surface area is 160 Å². The minimum Gasteiger partial charge on any atom is -0.373 e. The zero-order valence-corrected chi connectivity index (χ0v) is 16.7. The molecule has 2 saturated heterocycles. The van der Waals surface area contributed by atoms with Crippen LogP contribution in [0.3, 0.4) is 0 Å². The second-order valence-corrected chi connectivity index (χ2v) is 9.12. The zero-order valence-electron chi connectivity index (χ0n) is 15.8. The highest BCUT2D eigenvalue weighted by atomic mass is 32.2. The molecule has 2 atom stereocenters. The molecule has 0 spiro atoms. The van der Waals surface area contributed by atoms with Crippen molar-refractivity contribution < 1.29 is 17.9 Å². The Morgan fingerprint density at radius 1 is 1.15 bits per heavy atom. The lowest BCUT2D eigenvalue weighted by Gasteiger charge is -2.34. The number of morpholine rings is 1. The number of amides is 1. The van der Waals surface area contributed by atoms with Crippen LogP contribution in [0.4, 0.5) is 5.69 Å². The number of nitrogens with one attached hydrogen (secondary N) is 2. The maximum absolute atomic E-state index is 12.8. The third kappa shape index (κ3) is 5.26. The molecule has 0 saturated carbocycles. The van der Waals surface area contributed by atoms with Gasteiger partial charge in [-0.15, -0.1) is 0 Å². The van der Waals surface area contributed by atoms with Crippen molar-refractivity contribution in [2.45, 2.75) is 31.0 Å². The van der Waals surface area contributed by atoms with Gasteiger partial charge in [0.25, 0.3) is 0 Å². The van der Waals surface area contributed by atoms with Crippen LogP contribution in [-0.2, 0) is 19.6 Å². The summed E-state index contributed by atoms with van der Waals surface area (Å²) in [7, 11) is -3.57. The van der Waals surface area contributed by atoms with Gasteiger partial charge in [0.1, 0.15) is 0 Å². The van der Waals surface area contributed by atoms with E-state index in [-0.39, 0.29) is 23.0 Å². The average Bonchev–Trinajstić information content (AvgIpc) is 2.62. The van der Waals surface area contributed by atoms with Crippen LogP contribution in [0.1, 0.15) is 13.8 Å². The largest absolute Gasteiger partial charge is 0.373 e. The Kier molecular flexibility index (Phi) is 6.48. The summed E-state index contributed by atoms with van der Waals surface area (Å²) in [5.41, 5.74) is 0.595. The molecule has 150 valence electrons. The summed E-state index contributed by atoms with van der Waals surface area (Å²) in [5, 5.41) is 6.08. The van der Waals surface area contributed by atoms with Gasteiger partial charge >= 0.3 is 0 Å². The first-order valence-electron chi connectivity index (χ1n) is 9.33. The summed E-state index contributed by atoms with van der Waals surface area (Å²) < 4.78 is 32.8. The number of hydrogen-bond donors (Lipinski definition) is 2. The van der Waals surface area contributed by atoms with Crippen molar-refractivity contribution in [2.75, 3.05) is 51.1 Å². The topological polar surface area (TPSA) is 91.0 Å². The van der Waals surface area contributed by atoms with Gasteiger partial charge < -0.3 is 15.4 Å². The fourth-order valence-electron chi connectivity index (χ4n) is 3.46. The van der Waals surface area contributed by atoms with Crippen LogP contribution in [-0.4, -0.2) is 81.6 Å². The van der Waals surface area contributed by atoms with Gasteiger partial charge in [0.05, 0.1) is 23.6 Å². The summed E-state index contributed by atoms with van der Waals surface area (Å²) in [6.07, 6.45) is -0.265. The highest BCUT2D eigenvalue weighted by molar-refractivity contribution is 7.89. The molecule has 8 nitrogen and oxygen atoms in total. The number of nitrogens with zero attached hydrogens (tertiary/aromatic N) is 2. The number of carbonyl (C=O) groups excluding carboxylic acids is 1. The first-order chi connectivity index (χ1) is 12.8. The standard InChI is InChI=1S/C18H28N4O4S/c1-14-11-22(12-15(2)26-14)27(24,25)17-5-3-16(4-6-17)20-18(23)13-21-9-7-19-8-10-21/h3-6,14-15,19H,7-13H2,1-2H3,(H,20,23). The highest BCUT2D eigenvalue weighted by Crippen LogP contribution is 2.22. The number of benzene rings is 1. The number of carbonyl (C=O) groups is 1. The molecule has 0 aromatic heterocycles. The average molecular weight is 397 g/mol. The van der Waals surface area contributed by atoms with Crippen molar-refractivity contribution in [3.63, 3.8) is 0 Å². The van der Waals surface area contributed by atoms with Crippen molar-refractivity contribution in [3.8, 4) is 0 Å². The third-order valence-electron chi connectivity index (χ3n) is 4.74. The van der Waals surface area contributed by atoms with Crippen molar-refractivity contribution in [1.29, 1.82) is 0 Å². The monoisotopic (exact) mass is 396 g/mol. The summed E-state index contributed by atoms with van der Waals surface area (Å²) in [4.78, 5) is 14.5. The molecule has 1 aromatic rings. The fourth-order valence-corrected chi connectivity index (χ4v) is 5.05. The van der Waals surface area contributed by atoms with Crippen molar-refractivity contribution >= 4 is 21.6 Å².